The summed E-state index contributed by atoms with van der Waals surface area (Å²) in [6.45, 7) is 0.802. The molecule has 1 aliphatic carbocycles. The van der Waals surface area contributed by atoms with Gasteiger partial charge in [0.1, 0.15) is 5.75 Å². The van der Waals surface area contributed by atoms with Crippen LogP contribution in [0.2, 0.25) is 5.02 Å². The Morgan fingerprint density at radius 1 is 1.38 bits per heavy atom. The molecule has 0 saturated carbocycles. The Kier molecular flexibility index (Phi) is 3.86. The molecule has 16 heavy (non-hydrogen) atoms. The lowest BCUT2D eigenvalue weighted by Crippen LogP contribution is -2.25. The molecule has 2 nitrogen and oxygen atoms in total. The van der Waals surface area contributed by atoms with Crippen molar-refractivity contribution in [3.63, 3.8) is 0 Å². The predicted molar refractivity (Wildman–Crippen MR) is 67.0 cm³/mol. The number of benzene rings is 1. The van der Waals surface area contributed by atoms with Crippen molar-refractivity contribution in [2.24, 2.45) is 0 Å². The first-order valence-electron chi connectivity index (χ1n) is 5.50. The van der Waals surface area contributed by atoms with Gasteiger partial charge in [-0.3, -0.25) is 0 Å². The van der Waals surface area contributed by atoms with E-state index in [1.165, 1.54) is 0 Å². The molecule has 0 unspecified atom stereocenters. The van der Waals surface area contributed by atoms with Crippen molar-refractivity contribution in [1.29, 1.82) is 0 Å². The minimum atomic E-state index is 0.559. The molecular formula is C13H16ClNO. The minimum Gasteiger partial charge on any atom is -0.496 e. The van der Waals surface area contributed by atoms with Crippen LogP contribution in [0.5, 0.6) is 5.75 Å². The summed E-state index contributed by atoms with van der Waals surface area (Å²) < 4.78 is 5.30. The third-order valence-corrected chi connectivity index (χ3v) is 3.07. The van der Waals surface area contributed by atoms with E-state index in [4.69, 9.17) is 16.3 Å². The van der Waals surface area contributed by atoms with Crippen LogP contribution in [0, 0.1) is 0 Å². The van der Waals surface area contributed by atoms with Crippen LogP contribution in [0.4, 0.5) is 0 Å². The van der Waals surface area contributed by atoms with Gasteiger partial charge in [0.25, 0.3) is 0 Å². The van der Waals surface area contributed by atoms with Crippen LogP contribution in [-0.2, 0) is 6.54 Å². The van der Waals surface area contributed by atoms with E-state index in [9.17, 15) is 0 Å². The average Bonchev–Trinajstić information content (AvgIpc) is 2.79. The maximum Gasteiger partial charge on any atom is 0.123 e. The second-order valence-electron chi connectivity index (χ2n) is 3.98. The van der Waals surface area contributed by atoms with Gasteiger partial charge < -0.3 is 10.1 Å². The van der Waals surface area contributed by atoms with Gasteiger partial charge in [-0.1, -0.05) is 23.8 Å². The molecule has 0 aromatic heterocycles. The molecule has 0 amide bonds. The molecule has 1 aromatic rings. The summed E-state index contributed by atoms with van der Waals surface area (Å²) in [5, 5.41) is 4.25. The number of hydrogen-bond acceptors (Lipinski definition) is 2. The second kappa shape index (κ2) is 5.37. The third kappa shape index (κ3) is 2.77. The summed E-state index contributed by atoms with van der Waals surface area (Å²) in [5.41, 5.74) is 1.11. The van der Waals surface area contributed by atoms with E-state index in [0.29, 0.717) is 6.04 Å². The monoisotopic (exact) mass is 237 g/mol. The highest BCUT2D eigenvalue weighted by molar-refractivity contribution is 6.30. The molecule has 0 atom stereocenters. The van der Waals surface area contributed by atoms with E-state index in [0.717, 1.165) is 35.7 Å². The molecule has 86 valence electrons. The SMILES string of the molecule is COc1ccc(Cl)cc1CNC1CC=CC1. The van der Waals surface area contributed by atoms with Crippen molar-refractivity contribution in [3.05, 3.63) is 40.9 Å². The van der Waals surface area contributed by atoms with Crippen molar-refractivity contribution in [3.8, 4) is 5.75 Å². The fourth-order valence-corrected chi connectivity index (χ4v) is 2.12. The molecule has 0 saturated heterocycles. The molecule has 1 aliphatic rings. The normalized spacial score (nSPS) is 15.6. The van der Waals surface area contributed by atoms with E-state index in [1.54, 1.807) is 7.11 Å². The van der Waals surface area contributed by atoms with Crippen LogP contribution in [-0.4, -0.2) is 13.2 Å². The van der Waals surface area contributed by atoms with E-state index >= 15 is 0 Å². The highest BCUT2D eigenvalue weighted by atomic mass is 35.5. The molecular weight excluding hydrogens is 222 g/mol. The zero-order valence-electron chi connectivity index (χ0n) is 9.37. The topological polar surface area (TPSA) is 21.3 Å². The van der Waals surface area contributed by atoms with Gasteiger partial charge in [0.05, 0.1) is 7.11 Å². The zero-order chi connectivity index (χ0) is 11.4. The maximum atomic E-state index is 5.97. The van der Waals surface area contributed by atoms with Crippen molar-refractivity contribution in [2.75, 3.05) is 7.11 Å². The van der Waals surface area contributed by atoms with E-state index in [-0.39, 0.29) is 0 Å². The van der Waals surface area contributed by atoms with Crippen LogP contribution >= 0.6 is 11.6 Å². The van der Waals surface area contributed by atoms with Crippen molar-refractivity contribution >= 4 is 11.6 Å². The number of hydrogen-bond donors (Lipinski definition) is 1. The lowest BCUT2D eigenvalue weighted by Gasteiger charge is -2.14. The Morgan fingerprint density at radius 3 is 2.81 bits per heavy atom. The molecule has 0 radical (unpaired) electrons. The van der Waals surface area contributed by atoms with Crippen LogP contribution in [0.25, 0.3) is 0 Å². The standard InChI is InChI=1S/C13H16ClNO/c1-16-13-7-6-11(14)8-10(13)9-15-12-4-2-3-5-12/h2-3,6-8,12,15H,4-5,9H2,1H3. The Labute approximate surface area is 101 Å². The molecule has 0 spiro atoms. The molecule has 1 N–H and O–H groups in total. The lowest BCUT2D eigenvalue weighted by atomic mass is 10.1. The highest BCUT2D eigenvalue weighted by Crippen LogP contribution is 2.23. The molecule has 3 heteroatoms. The third-order valence-electron chi connectivity index (χ3n) is 2.83. The summed E-state index contributed by atoms with van der Waals surface area (Å²) in [5.74, 6) is 0.892. The number of methoxy groups -OCH3 is 1. The second-order valence-corrected chi connectivity index (χ2v) is 4.41. The summed E-state index contributed by atoms with van der Waals surface area (Å²) in [4.78, 5) is 0. The number of nitrogens with one attached hydrogen (secondary N) is 1. The largest absolute Gasteiger partial charge is 0.496 e. The quantitative estimate of drug-likeness (QED) is 0.813. The Bertz CT molecular complexity index is 382. The molecule has 0 bridgehead atoms. The van der Waals surface area contributed by atoms with Crippen LogP contribution in [0.15, 0.2) is 30.4 Å². The average molecular weight is 238 g/mol. The fraction of sp³-hybridized carbons (Fsp3) is 0.385. The van der Waals surface area contributed by atoms with Crippen molar-refractivity contribution < 1.29 is 4.74 Å². The molecule has 2 rings (SSSR count). The van der Waals surface area contributed by atoms with Gasteiger partial charge in [-0.25, -0.2) is 0 Å². The first-order valence-corrected chi connectivity index (χ1v) is 5.88. The molecule has 0 heterocycles. The summed E-state index contributed by atoms with van der Waals surface area (Å²) in [6, 6.07) is 6.27. The lowest BCUT2D eigenvalue weighted by molar-refractivity contribution is 0.405. The fourth-order valence-electron chi connectivity index (χ4n) is 1.92. The van der Waals surface area contributed by atoms with Crippen LogP contribution in [0.1, 0.15) is 18.4 Å². The van der Waals surface area contributed by atoms with Crippen molar-refractivity contribution in [1.82, 2.24) is 5.32 Å². The van der Waals surface area contributed by atoms with Gasteiger partial charge in [0, 0.05) is 23.2 Å². The first kappa shape index (κ1) is 11.5. The smallest absolute Gasteiger partial charge is 0.123 e. The van der Waals surface area contributed by atoms with Gasteiger partial charge in [0.15, 0.2) is 0 Å². The predicted octanol–water partition coefficient (Wildman–Crippen LogP) is 3.16. The van der Waals surface area contributed by atoms with E-state index < -0.39 is 0 Å². The Morgan fingerprint density at radius 2 is 2.12 bits per heavy atom. The molecule has 0 fully saturated rings. The highest BCUT2D eigenvalue weighted by Gasteiger charge is 2.10. The van der Waals surface area contributed by atoms with Crippen molar-refractivity contribution in [2.45, 2.75) is 25.4 Å². The number of rotatable bonds is 4. The zero-order valence-corrected chi connectivity index (χ0v) is 10.1. The van der Waals surface area contributed by atoms with E-state index in [2.05, 4.69) is 17.5 Å². The van der Waals surface area contributed by atoms with Gasteiger partial charge in [-0.15, -0.1) is 0 Å². The summed E-state index contributed by atoms with van der Waals surface area (Å²) in [7, 11) is 1.68. The first-order chi connectivity index (χ1) is 7.79. The summed E-state index contributed by atoms with van der Waals surface area (Å²) in [6.07, 6.45) is 6.66. The number of ether oxygens (including phenoxy) is 1. The van der Waals surface area contributed by atoms with Crippen LogP contribution in [0.3, 0.4) is 0 Å². The number of halogens is 1. The molecule has 1 aromatic carbocycles. The van der Waals surface area contributed by atoms with Crippen LogP contribution < -0.4 is 10.1 Å². The maximum absolute atomic E-state index is 5.97. The Hall–Kier alpha value is -0.990. The van der Waals surface area contributed by atoms with Gasteiger partial charge in [-0.2, -0.15) is 0 Å². The molecule has 0 aliphatic heterocycles. The van der Waals surface area contributed by atoms with Gasteiger partial charge >= 0.3 is 0 Å². The van der Waals surface area contributed by atoms with E-state index in [1.807, 2.05) is 18.2 Å². The minimum absolute atomic E-state index is 0.559. The Balaban J connectivity index is 1.99. The summed E-state index contributed by atoms with van der Waals surface area (Å²) >= 11 is 5.97. The van der Waals surface area contributed by atoms with Gasteiger partial charge in [-0.05, 0) is 31.0 Å². The van der Waals surface area contributed by atoms with Gasteiger partial charge in [0.2, 0.25) is 0 Å².